The molecule has 9 heteroatoms. The number of H-pyrrole nitrogens is 1. The Kier molecular flexibility index (Phi) is 6.80. The molecule has 0 bridgehead atoms. The lowest BCUT2D eigenvalue weighted by Crippen LogP contribution is -2.40. The van der Waals surface area contributed by atoms with Crippen LogP contribution < -0.4 is 10.6 Å². The van der Waals surface area contributed by atoms with Gasteiger partial charge in [-0.05, 0) is 37.8 Å². The topological polar surface area (TPSA) is 125 Å². The number of carbonyl (C=O) groups excluding carboxylic acids is 2. The van der Waals surface area contributed by atoms with Crippen LogP contribution in [0.3, 0.4) is 0 Å². The van der Waals surface area contributed by atoms with Crippen molar-refractivity contribution < 1.29 is 14.7 Å². The van der Waals surface area contributed by atoms with E-state index >= 15 is 0 Å². The van der Waals surface area contributed by atoms with Crippen LogP contribution in [0.5, 0.6) is 0 Å². The molecule has 9 nitrogen and oxygen atoms in total. The number of hydrogen-bond donors (Lipinski definition) is 4. The van der Waals surface area contributed by atoms with E-state index in [4.69, 9.17) is 0 Å². The minimum atomic E-state index is -0.738. The van der Waals surface area contributed by atoms with Crippen LogP contribution in [-0.2, 0) is 17.8 Å². The summed E-state index contributed by atoms with van der Waals surface area (Å²) in [5, 5.41) is 27.0. The Morgan fingerprint density at radius 1 is 1.39 bits per heavy atom. The number of aliphatic hydroxyl groups excluding tert-OH is 1. The van der Waals surface area contributed by atoms with E-state index in [-0.39, 0.29) is 17.7 Å². The van der Waals surface area contributed by atoms with Gasteiger partial charge in [0.2, 0.25) is 5.91 Å². The highest BCUT2D eigenvalue weighted by Gasteiger charge is 2.37. The summed E-state index contributed by atoms with van der Waals surface area (Å²) >= 11 is 0. The van der Waals surface area contributed by atoms with Gasteiger partial charge in [-0.15, -0.1) is 0 Å². The molecule has 4 N–H and O–H groups in total. The number of rotatable bonds is 9. The molecule has 0 radical (unpaired) electrons. The second-order valence-corrected chi connectivity index (χ2v) is 7.26. The largest absolute Gasteiger partial charge is 0.391 e. The van der Waals surface area contributed by atoms with E-state index in [1.54, 1.807) is 12.3 Å². The molecule has 28 heavy (non-hydrogen) atoms. The number of hydrogen-bond acceptors (Lipinski definition) is 5. The highest BCUT2D eigenvalue weighted by atomic mass is 16.3. The maximum atomic E-state index is 12.4. The van der Waals surface area contributed by atoms with Crippen molar-refractivity contribution in [2.24, 2.45) is 5.92 Å². The standard InChI is InChI=1S/C19H28N6O3/c1-2-5-14-12-16(24-23-14)19(28)22-15-10-13(11-17(15)26)18(27)20-6-3-8-25-9-4-7-21-25/h4,7,9,12-13,15,17,26H,2-3,5-6,8,10-11H2,1H3,(H,20,27)(H,22,28)(H,23,24)/t13-,15+,17+/m0/s1. The van der Waals surface area contributed by atoms with Gasteiger partial charge in [-0.2, -0.15) is 10.2 Å². The maximum absolute atomic E-state index is 12.4. The summed E-state index contributed by atoms with van der Waals surface area (Å²) in [6, 6.07) is 3.14. The number of aryl methyl sites for hydroxylation is 2. The maximum Gasteiger partial charge on any atom is 0.272 e. The quantitative estimate of drug-likeness (QED) is 0.469. The zero-order valence-corrected chi connectivity index (χ0v) is 16.1. The van der Waals surface area contributed by atoms with E-state index in [0.717, 1.165) is 31.5 Å². The van der Waals surface area contributed by atoms with Gasteiger partial charge in [0.25, 0.3) is 5.91 Å². The van der Waals surface area contributed by atoms with Gasteiger partial charge in [0.15, 0.2) is 0 Å². The third-order valence-electron chi connectivity index (χ3n) is 5.02. The van der Waals surface area contributed by atoms with Crippen molar-refractivity contribution in [1.82, 2.24) is 30.6 Å². The van der Waals surface area contributed by atoms with Gasteiger partial charge in [-0.25, -0.2) is 0 Å². The number of nitrogens with one attached hydrogen (secondary N) is 3. The van der Waals surface area contributed by atoms with Crippen molar-refractivity contribution in [3.8, 4) is 0 Å². The first-order chi connectivity index (χ1) is 13.6. The Morgan fingerprint density at radius 2 is 2.25 bits per heavy atom. The van der Waals surface area contributed by atoms with Gasteiger partial charge in [0, 0.05) is 37.1 Å². The number of aliphatic hydroxyl groups is 1. The smallest absolute Gasteiger partial charge is 0.272 e. The molecule has 0 aliphatic heterocycles. The molecular weight excluding hydrogens is 360 g/mol. The Balaban J connectivity index is 1.42. The fourth-order valence-corrected chi connectivity index (χ4v) is 3.53. The molecule has 2 aromatic heterocycles. The second-order valence-electron chi connectivity index (χ2n) is 7.26. The van der Waals surface area contributed by atoms with Gasteiger partial charge in [-0.1, -0.05) is 13.3 Å². The number of aromatic nitrogens is 4. The van der Waals surface area contributed by atoms with E-state index in [9.17, 15) is 14.7 Å². The molecule has 152 valence electrons. The Hall–Kier alpha value is -2.68. The minimum Gasteiger partial charge on any atom is -0.391 e. The summed E-state index contributed by atoms with van der Waals surface area (Å²) in [4.78, 5) is 24.7. The first-order valence-corrected chi connectivity index (χ1v) is 9.85. The molecule has 1 aliphatic rings. The molecule has 1 aliphatic carbocycles. The molecule has 0 spiro atoms. The van der Waals surface area contributed by atoms with Crippen molar-refractivity contribution in [2.75, 3.05) is 6.54 Å². The summed E-state index contributed by atoms with van der Waals surface area (Å²) < 4.78 is 1.82. The van der Waals surface area contributed by atoms with Gasteiger partial charge >= 0.3 is 0 Å². The molecule has 1 fully saturated rings. The van der Waals surface area contributed by atoms with Gasteiger partial charge < -0.3 is 15.7 Å². The van der Waals surface area contributed by atoms with Crippen molar-refractivity contribution in [3.05, 3.63) is 35.9 Å². The number of nitrogens with zero attached hydrogens (tertiary/aromatic N) is 3. The molecule has 2 amide bonds. The lowest BCUT2D eigenvalue weighted by molar-refractivity contribution is -0.125. The van der Waals surface area contributed by atoms with E-state index in [1.807, 2.05) is 16.9 Å². The fraction of sp³-hybridized carbons (Fsp3) is 0.579. The van der Waals surface area contributed by atoms with Crippen molar-refractivity contribution in [2.45, 2.75) is 57.7 Å². The average molecular weight is 388 g/mol. The van der Waals surface area contributed by atoms with Crippen LogP contribution in [0.15, 0.2) is 24.5 Å². The Morgan fingerprint density at radius 3 is 3.00 bits per heavy atom. The SMILES string of the molecule is CCCc1cc(C(=O)N[C@@H]2C[C@H](C(=O)NCCCn3cccn3)C[C@H]2O)n[nH]1. The summed E-state index contributed by atoms with van der Waals surface area (Å²) in [7, 11) is 0. The number of aromatic amines is 1. The van der Waals surface area contributed by atoms with Gasteiger partial charge in [0.05, 0.1) is 12.1 Å². The third-order valence-corrected chi connectivity index (χ3v) is 5.02. The monoisotopic (exact) mass is 388 g/mol. The minimum absolute atomic E-state index is 0.0822. The van der Waals surface area contributed by atoms with Crippen molar-refractivity contribution >= 4 is 11.8 Å². The summed E-state index contributed by atoms with van der Waals surface area (Å²) in [6.07, 6.45) is 6.20. The first-order valence-electron chi connectivity index (χ1n) is 9.85. The van der Waals surface area contributed by atoms with Crippen molar-refractivity contribution in [3.63, 3.8) is 0 Å². The van der Waals surface area contributed by atoms with Gasteiger partial charge in [-0.3, -0.25) is 19.4 Å². The Labute approximate surface area is 163 Å². The highest BCUT2D eigenvalue weighted by Crippen LogP contribution is 2.26. The van der Waals surface area contributed by atoms with Crippen LogP contribution in [0.2, 0.25) is 0 Å². The van der Waals surface area contributed by atoms with E-state index in [1.165, 1.54) is 0 Å². The average Bonchev–Trinajstić information content (AvgIpc) is 3.41. The third kappa shape index (κ3) is 5.19. The number of amides is 2. The molecule has 1 saturated carbocycles. The molecule has 0 aromatic carbocycles. The molecule has 3 atom stereocenters. The van der Waals surface area contributed by atoms with Crippen LogP contribution in [-0.4, -0.2) is 55.6 Å². The van der Waals surface area contributed by atoms with Crippen LogP contribution in [0.4, 0.5) is 0 Å². The summed E-state index contributed by atoms with van der Waals surface area (Å²) in [5.74, 6) is -0.718. The Bertz CT molecular complexity index is 772. The van der Waals surface area contributed by atoms with Gasteiger partial charge in [0.1, 0.15) is 5.69 Å². The fourth-order valence-electron chi connectivity index (χ4n) is 3.53. The molecule has 2 heterocycles. The van der Waals surface area contributed by atoms with Crippen LogP contribution in [0, 0.1) is 5.92 Å². The second kappa shape index (κ2) is 9.50. The molecular formula is C19H28N6O3. The molecule has 0 saturated heterocycles. The predicted molar refractivity (Wildman–Crippen MR) is 102 cm³/mol. The lowest BCUT2D eigenvalue weighted by atomic mass is 10.1. The van der Waals surface area contributed by atoms with E-state index < -0.39 is 12.1 Å². The highest BCUT2D eigenvalue weighted by molar-refractivity contribution is 5.92. The molecule has 0 unspecified atom stereocenters. The van der Waals surface area contributed by atoms with Crippen LogP contribution in [0.25, 0.3) is 0 Å². The van der Waals surface area contributed by atoms with Crippen LogP contribution >= 0.6 is 0 Å². The zero-order chi connectivity index (χ0) is 19.9. The first kappa shape index (κ1) is 20.1. The van der Waals surface area contributed by atoms with E-state index in [0.29, 0.717) is 25.1 Å². The molecule has 2 aromatic rings. The van der Waals surface area contributed by atoms with E-state index in [2.05, 4.69) is 32.9 Å². The molecule has 3 rings (SSSR count). The lowest BCUT2D eigenvalue weighted by Gasteiger charge is -2.15. The normalized spacial score (nSPS) is 21.6. The van der Waals surface area contributed by atoms with Crippen molar-refractivity contribution in [1.29, 1.82) is 0 Å². The van der Waals surface area contributed by atoms with Crippen LogP contribution in [0.1, 0.15) is 48.8 Å². The zero-order valence-electron chi connectivity index (χ0n) is 16.1. The summed E-state index contributed by atoms with van der Waals surface area (Å²) in [6.45, 7) is 3.34. The summed E-state index contributed by atoms with van der Waals surface area (Å²) in [5.41, 5.74) is 1.22. The predicted octanol–water partition coefficient (Wildman–Crippen LogP) is 0.634. The number of carbonyl (C=O) groups is 2.